The third kappa shape index (κ3) is 3.81. The van der Waals surface area contributed by atoms with Crippen LogP contribution < -0.4 is 11.5 Å². The summed E-state index contributed by atoms with van der Waals surface area (Å²) in [4.78, 5) is 14.9. The number of allylic oxidation sites excluding steroid dienone is 3. The fraction of sp³-hybridized carbons (Fsp3) is 0.273. The van der Waals surface area contributed by atoms with Gasteiger partial charge in [0.15, 0.2) is 0 Å². The molecule has 0 heterocycles. The highest BCUT2D eigenvalue weighted by Crippen LogP contribution is 2.11. The highest BCUT2D eigenvalue weighted by atomic mass is 16.1. The summed E-state index contributed by atoms with van der Waals surface area (Å²) >= 11 is 0. The predicted octanol–water partition coefficient (Wildman–Crippen LogP) is 0.662. The first kappa shape index (κ1) is 11.2. The first-order chi connectivity index (χ1) is 7.24. The molecule has 0 radical (unpaired) electrons. The summed E-state index contributed by atoms with van der Waals surface area (Å²) in [7, 11) is 0. The molecule has 0 fully saturated rings. The maximum atomic E-state index is 10.8. The number of primary amides is 1. The Morgan fingerprint density at radius 2 is 2.40 bits per heavy atom. The molecular weight excluding hydrogens is 190 g/mol. The number of hydrogen-bond acceptors (Lipinski definition) is 3. The van der Waals surface area contributed by atoms with Crippen LogP contribution in [0, 0.1) is 0 Å². The van der Waals surface area contributed by atoms with E-state index in [-0.39, 0.29) is 5.57 Å². The van der Waals surface area contributed by atoms with E-state index in [0.717, 1.165) is 12.8 Å². The molecule has 1 aliphatic rings. The van der Waals surface area contributed by atoms with Gasteiger partial charge in [0.25, 0.3) is 5.91 Å². The van der Waals surface area contributed by atoms with Gasteiger partial charge < -0.3 is 11.5 Å². The van der Waals surface area contributed by atoms with E-state index >= 15 is 0 Å². The Kier molecular flexibility index (Phi) is 4.34. The molecule has 0 aromatic heterocycles. The smallest absolute Gasteiger partial charge is 0.251 e. The fourth-order valence-corrected chi connectivity index (χ4v) is 1.23. The molecule has 0 aromatic carbocycles. The maximum absolute atomic E-state index is 10.8. The summed E-state index contributed by atoms with van der Waals surface area (Å²) in [6, 6.07) is 0. The van der Waals surface area contributed by atoms with Crippen molar-refractivity contribution in [2.45, 2.75) is 12.8 Å². The molecule has 0 aromatic rings. The van der Waals surface area contributed by atoms with E-state index in [1.165, 1.54) is 18.0 Å². The van der Waals surface area contributed by atoms with E-state index in [1.807, 2.05) is 12.2 Å². The molecule has 0 saturated heterocycles. The number of rotatable bonds is 4. The van der Waals surface area contributed by atoms with Crippen molar-refractivity contribution < 1.29 is 4.79 Å². The molecule has 15 heavy (non-hydrogen) atoms. The zero-order valence-corrected chi connectivity index (χ0v) is 8.52. The largest absolute Gasteiger partial charge is 0.404 e. The molecule has 4 N–H and O–H groups in total. The van der Waals surface area contributed by atoms with Gasteiger partial charge in [0.1, 0.15) is 0 Å². The normalized spacial score (nSPS) is 16.8. The van der Waals surface area contributed by atoms with Crippen molar-refractivity contribution in [2.24, 2.45) is 16.5 Å². The van der Waals surface area contributed by atoms with Gasteiger partial charge in [-0.05, 0) is 18.4 Å². The average molecular weight is 205 g/mol. The molecule has 0 unspecified atom stereocenters. The maximum Gasteiger partial charge on any atom is 0.251 e. The second-order valence-electron chi connectivity index (χ2n) is 3.25. The number of carbonyl (C=O) groups is 1. The monoisotopic (exact) mass is 205 g/mol. The van der Waals surface area contributed by atoms with Crippen LogP contribution in [0.2, 0.25) is 0 Å². The molecular formula is C11H15N3O. The van der Waals surface area contributed by atoms with E-state index in [1.54, 1.807) is 0 Å². The Bertz CT molecular complexity index is 351. The van der Waals surface area contributed by atoms with Gasteiger partial charge in [-0.15, -0.1) is 0 Å². The van der Waals surface area contributed by atoms with Crippen LogP contribution in [0.5, 0.6) is 0 Å². The molecule has 0 atom stereocenters. The van der Waals surface area contributed by atoms with E-state index < -0.39 is 5.91 Å². The SMILES string of the molecule is NC=C(C=NCC1=CC=CCC1)C(N)=O. The Morgan fingerprint density at radius 1 is 1.60 bits per heavy atom. The lowest BCUT2D eigenvalue weighted by molar-refractivity contribution is -0.114. The van der Waals surface area contributed by atoms with Crippen LogP contribution in [0.3, 0.4) is 0 Å². The van der Waals surface area contributed by atoms with Gasteiger partial charge in [0.2, 0.25) is 0 Å². The van der Waals surface area contributed by atoms with Crippen LogP contribution in [-0.2, 0) is 4.79 Å². The molecule has 1 aliphatic carbocycles. The first-order valence-electron chi connectivity index (χ1n) is 4.80. The van der Waals surface area contributed by atoms with Crippen LogP contribution in [0.1, 0.15) is 12.8 Å². The van der Waals surface area contributed by atoms with Crippen LogP contribution in [0.25, 0.3) is 0 Å². The second-order valence-corrected chi connectivity index (χ2v) is 3.25. The van der Waals surface area contributed by atoms with Crippen LogP contribution in [0.15, 0.2) is 40.6 Å². The minimum atomic E-state index is -0.557. The summed E-state index contributed by atoms with van der Waals surface area (Å²) in [6.07, 6.45) is 10.8. The molecule has 1 amide bonds. The zero-order valence-electron chi connectivity index (χ0n) is 8.52. The zero-order chi connectivity index (χ0) is 11.1. The topological polar surface area (TPSA) is 81.5 Å². The lowest BCUT2D eigenvalue weighted by atomic mass is 10.1. The van der Waals surface area contributed by atoms with Crippen molar-refractivity contribution >= 4 is 12.1 Å². The van der Waals surface area contributed by atoms with E-state index in [4.69, 9.17) is 11.5 Å². The summed E-state index contributed by atoms with van der Waals surface area (Å²) in [5, 5.41) is 0. The third-order valence-corrected chi connectivity index (χ3v) is 2.09. The molecule has 0 aliphatic heterocycles. The van der Waals surface area contributed by atoms with Crippen molar-refractivity contribution in [3.63, 3.8) is 0 Å². The summed E-state index contributed by atoms with van der Waals surface area (Å²) < 4.78 is 0. The van der Waals surface area contributed by atoms with Gasteiger partial charge in [-0.2, -0.15) is 0 Å². The first-order valence-corrected chi connectivity index (χ1v) is 4.80. The van der Waals surface area contributed by atoms with Crippen LogP contribution in [-0.4, -0.2) is 18.7 Å². The Balaban J connectivity index is 2.48. The number of aliphatic imine (C=N–C) groups is 1. The molecule has 0 bridgehead atoms. The lowest BCUT2D eigenvalue weighted by Gasteiger charge is -2.04. The molecule has 4 nitrogen and oxygen atoms in total. The van der Waals surface area contributed by atoms with Crippen LogP contribution >= 0.6 is 0 Å². The second kappa shape index (κ2) is 5.80. The van der Waals surface area contributed by atoms with Crippen molar-refractivity contribution in [3.8, 4) is 0 Å². The third-order valence-electron chi connectivity index (χ3n) is 2.09. The Hall–Kier alpha value is -1.84. The molecule has 0 saturated carbocycles. The summed E-state index contributed by atoms with van der Waals surface area (Å²) in [5.74, 6) is -0.557. The van der Waals surface area contributed by atoms with Gasteiger partial charge in [0, 0.05) is 12.4 Å². The highest BCUT2D eigenvalue weighted by Gasteiger charge is 2.00. The van der Waals surface area contributed by atoms with Crippen molar-refractivity contribution in [3.05, 3.63) is 35.6 Å². The summed E-state index contributed by atoms with van der Waals surface area (Å²) in [5.41, 5.74) is 11.8. The van der Waals surface area contributed by atoms with Crippen molar-refractivity contribution in [1.29, 1.82) is 0 Å². The van der Waals surface area contributed by atoms with Crippen molar-refractivity contribution in [1.82, 2.24) is 0 Å². The average Bonchev–Trinajstić information content (AvgIpc) is 2.25. The van der Waals surface area contributed by atoms with Crippen molar-refractivity contribution in [2.75, 3.05) is 6.54 Å². The molecule has 0 spiro atoms. The lowest BCUT2D eigenvalue weighted by Crippen LogP contribution is -2.16. The van der Waals surface area contributed by atoms with Gasteiger partial charge in [-0.25, -0.2) is 0 Å². The standard InChI is InChI=1S/C11H15N3O/c12-6-10(11(13)15)8-14-7-9-4-2-1-3-5-9/h1-2,4,6,8H,3,5,7,12H2,(H2,13,15). The quantitative estimate of drug-likeness (QED) is 0.522. The highest BCUT2D eigenvalue weighted by molar-refractivity contribution is 6.11. The molecule has 1 rings (SSSR count). The number of nitrogens with zero attached hydrogens (tertiary/aromatic N) is 1. The van der Waals surface area contributed by atoms with Gasteiger partial charge in [0.05, 0.1) is 12.1 Å². The number of carbonyl (C=O) groups excluding carboxylic acids is 1. The number of amides is 1. The summed E-state index contributed by atoms with van der Waals surface area (Å²) in [6.45, 7) is 0.592. The fourth-order valence-electron chi connectivity index (χ4n) is 1.23. The number of hydrogen-bond donors (Lipinski definition) is 2. The minimum Gasteiger partial charge on any atom is -0.404 e. The van der Waals surface area contributed by atoms with E-state index in [0.29, 0.717) is 6.54 Å². The Labute approximate surface area is 89.1 Å². The molecule has 4 heteroatoms. The van der Waals surface area contributed by atoms with Crippen LogP contribution in [0.4, 0.5) is 0 Å². The van der Waals surface area contributed by atoms with E-state index in [9.17, 15) is 4.79 Å². The molecule has 80 valence electrons. The van der Waals surface area contributed by atoms with Gasteiger partial charge in [-0.1, -0.05) is 18.2 Å². The Morgan fingerprint density at radius 3 is 2.93 bits per heavy atom. The minimum absolute atomic E-state index is 0.238. The van der Waals surface area contributed by atoms with Gasteiger partial charge in [-0.3, -0.25) is 9.79 Å². The van der Waals surface area contributed by atoms with E-state index in [2.05, 4.69) is 11.1 Å². The predicted molar refractivity (Wildman–Crippen MR) is 61.3 cm³/mol. The van der Waals surface area contributed by atoms with Gasteiger partial charge >= 0.3 is 0 Å². The number of nitrogens with two attached hydrogens (primary N) is 2.